The van der Waals surface area contributed by atoms with Crippen LogP contribution in [0.3, 0.4) is 0 Å². The highest BCUT2D eigenvalue weighted by molar-refractivity contribution is 5.69. The number of hydrogen-bond donors (Lipinski definition) is 0. The van der Waals surface area contributed by atoms with E-state index in [0.29, 0.717) is 11.1 Å². The zero-order chi connectivity index (χ0) is 9.14. The highest BCUT2D eigenvalue weighted by Gasteiger charge is 2.11. The van der Waals surface area contributed by atoms with Crippen LogP contribution in [0.1, 0.15) is 12.5 Å². The lowest BCUT2D eigenvalue weighted by atomic mass is 10.1. The second-order valence-corrected chi connectivity index (χ2v) is 2.55. The van der Waals surface area contributed by atoms with Gasteiger partial charge in [0.2, 0.25) is 0 Å². The largest absolute Gasteiger partial charge is 0.276 e. The molecule has 0 amide bonds. The summed E-state index contributed by atoms with van der Waals surface area (Å²) in [4.78, 5) is 10.1. The van der Waals surface area contributed by atoms with Gasteiger partial charge in [-0.15, -0.1) is 0 Å². The number of nitro benzene ring substituents is 1. The number of para-hydroxylation sites is 1. The molecule has 0 atom stereocenters. The highest BCUT2D eigenvalue weighted by Crippen LogP contribution is 2.23. The van der Waals surface area contributed by atoms with E-state index in [0.717, 1.165) is 0 Å². The summed E-state index contributed by atoms with van der Waals surface area (Å²) < 4.78 is 0. The van der Waals surface area contributed by atoms with Crippen molar-refractivity contribution < 1.29 is 4.92 Å². The quantitative estimate of drug-likeness (QED) is 0.496. The Kier molecular flexibility index (Phi) is 2.24. The summed E-state index contributed by atoms with van der Waals surface area (Å²) in [6.45, 7) is 5.42. The number of benzene rings is 1. The molecule has 1 aromatic rings. The maximum absolute atomic E-state index is 10.5. The first-order valence-corrected chi connectivity index (χ1v) is 3.52. The zero-order valence-corrected chi connectivity index (χ0v) is 6.78. The molecule has 0 saturated heterocycles. The van der Waals surface area contributed by atoms with Gasteiger partial charge < -0.3 is 0 Å². The van der Waals surface area contributed by atoms with Gasteiger partial charge >= 0.3 is 0 Å². The average Bonchev–Trinajstić information content (AvgIpc) is 2.04. The first kappa shape index (κ1) is 8.46. The topological polar surface area (TPSA) is 43.1 Å². The Morgan fingerprint density at radius 1 is 1.50 bits per heavy atom. The number of hydrogen-bond acceptors (Lipinski definition) is 2. The molecular formula is C9H9NO2. The summed E-state index contributed by atoms with van der Waals surface area (Å²) in [5.41, 5.74) is 1.43. The normalized spacial score (nSPS) is 9.42. The number of nitrogens with zero attached hydrogens (tertiary/aromatic N) is 1. The average molecular weight is 163 g/mol. The minimum atomic E-state index is -0.399. The van der Waals surface area contributed by atoms with Crippen LogP contribution in [0.5, 0.6) is 0 Å². The summed E-state index contributed by atoms with van der Waals surface area (Å²) >= 11 is 0. The van der Waals surface area contributed by atoms with Gasteiger partial charge in [-0.3, -0.25) is 10.1 Å². The van der Waals surface area contributed by atoms with E-state index < -0.39 is 4.92 Å². The predicted molar refractivity (Wildman–Crippen MR) is 47.8 cm³/mol. The lowest BCUT2D eigenvalue weighted by Crippen LogP contribution is -1.92. The maximum Gasteiger partial charge on any atom is 0.276 e. The van der Waals surface area contributed by atoms with E-state index in [9.17, 15) is 10.1 Å². The molecule has 0 spiro atoms. The molecule has 0 N–H and O–H groups in total. The van der Waals surface area contributed by atoms with Crippen LogP contribution >= 0.6 is 0 Å². The third-order valence-electron chi connectivity index (χ3n) is 1.56. The molecule has 0 radical (unpaired) electrons. The van der Waals surface area contributed by atoms with Crippen molar-refractivity contribution in [3.8, 4) is 0 Å². The Bertz CT molecular complexity index is 298. The molecule has 1 rings (SSSR count). The van der Waals surface area contributed by atoms with Crippen molar-refractivity contribution in [2.45, 2.75) is 6.92 Å². The monoisotopic (exact) mass is 163 g/mol. The van der Waals surface area contributed by atoms with Crippen LogP contribution in [0.25, 0.3) is 5.57 Å². The summed E-state index contributed by atoms with van der Waals surface area (Å²) in [5.74, 6) is 0. The van der Waals surface area contributed by atoms with Crippen LogP contribution < -0.4 is 0 Å². The summed E-state index contributed by atoms with van der Waals surface area (Å²) in [6, 6.07) is 6.58. The van der Waals surface area contributed by atoms with Gasteiger partial charge in [-0.1, -0.05) is 18.7 Å². The van der Waals surface area contributed by atoms with Crippen molar-refractivity contribution in [3.63, 3.8) is 0 Å². The number of allylic oxidation sites excluding steroid dienone is 1. The van der Waals surface area contributed by atoms with E-state index in [1.807, 2.05) is 0 Å². The van der Waals surface area contributed by atoms with Crippen LogP contribution in [-0.4, -0.2) is 4.92 Å². The second-order valence-electron chi connectivity index (χ2n) is 2.55. The standard InChI is InChI=1S/C9H9NO2/c1-7(2)8-5-3-4-6-9(8)10(11)12/h3-6H,1H2,2H3. The lowest BCUT2D eigenvalue weighted by Gasteiger charge is -1.99. The van der Waals surface area contributed by atoms with Crippen LogP contribution in [0, 0.1) is 10.1 Å². The van der Waals surface area contributed by atoms with Crippen LogP contribution in [0.2, 0.25) is 0 Å². The first-order chi connectivity index (χ1) is 5.63. The molecule has 0 aliphatic rings. The van der Waals surface area contributed by atoms with Crippen molar-refractivity contribution in [2.24, 2.45) is 0 Å². The molecule has 0 aromatic heterocycles. The molecule has 0 saturated carbocycles. The number of rotatable bonds is 2. The van der Waals surface area contributed by atoms with E-state index in [2.05, 4.69) is 6.58 Å². The summed E-state index contributed by atoms with van der Waals surface area (Å²) in [6.07, 6.45) is 0. The van der Waals surface area contributed by atoms with Gasteiger partial charge in [-0.2, -0.15) is 0 Å². The van der Waals surface area contributed by atoms with Crippen LogP contribution in [0.4, 0.5) is 5.69 Å². The van der Waals surface area contributed by atoms with E-state index in [1.165, 1.54) is 6.07 Å². The van der Waals surface area contributed by atoms with E-state index in [1.54, 1.807) is 25.1 Å². The Morgan fingerprint density at radius 3 is 2.50 bits per heavy atom. The molecule has 0 bridgehead atoms. The number of nitro groups is 1. The predicted octanol–water partition coefficient (Wildman–Crippen LogP) is 2.63. The lowest BCUT2D eigenvalue weighted by molar-refractivity contribution is -0.385. The smallest absolute Gasteiger partial charge is 0.258 e. The van der Waals surface area contributed by atoms with Gasteiger partial charge in [-0.05, 0) is 18.6 Å². The van der Waals surface area contributed by atoms with Gasteiger partial charge in [0.05, 0.1) is 10.5 Å². The van der Waals surface area contributed by atoms with Gasteiger partial charge in [0.1, 0.15) is 0 Å². The molecule has 62 valence electrons. The van der Waals surface area contributed by atoms with Gasteiger partial charge in [0.25, 0.3) is 5.69 Å². The van der Waals surface area contributed by atoms with E-state index >= 15 is 0 Å². The summed E-state index contributed by atoms with van der Waals surface area (Å²) in [7, 11) is 0. The SMILES string of the molecule is C=C(C)c1ccccc1[N+](=O)[O-]. The molecule has 3 heteroatoms. The Balaban J connectivity index is 3.27. The van der Waals surface area contributed by atoms with Crippen molar-refractivity contribution >= 4 is 11.3 Å². The maximum atomic E-state index is 10.5. The molecule has 3 nitrogen and oxygen atoms in total. The Labute approximate surface area is 70.5 Å². The van der Waals surface area contributed by atoms with Gasteiger partial charge in [0.15, 0.2) is 0 Å². The van der Waals surface area contributed by atoms with Gasteiger partial charge in [0, 0.05) is 6.07 Å². The fraction of sp³-hybridized carbons (Fsp3) is 0.111. The molecule has 1 aromatic carbocycles. The Hall–Kier alpha value is -1.64. The van der Waals surface area contributed by atoms with Crippen molar-refractivity contribution in [3.05, 3.63) is 46.5 Å². The third-order valence-corrected chi connectivity index (χ3v) is 1.56. The fourth-order valence-corrected chi connectivity index (χ4v) is 0.994. The second kappa shape index (κ2) is 3.17. The molecule has 12 heavy (non-hydrogen) atoms. The van der Waals surface area contributed by atoms with Crippen LogP contribution in [0.15, 0.2) is 30.8 Å². The molecule has 0 fully saturated rings. The van der Waals surface area contributed by atoms with Crippen molar-refractivity contribution in [2.75, 3.05) is 0 Å². The van der Waals surface area contributed by atoms with Crippen LogP contribution in [-0.2, 0) is 0 Å². The highest BCUT2D eigenvalue weighted by atomic mass is 16.6. The van der Waals surface area contributed by atoms with E-state index in [-0.39, 0.29) is 5.69 Å². The van der Waals surface area contributed by atoms with E-state index in [4.69, 9.17) is 0 Å². The fourth-order valence-electron chi connectivity index (χ4n) is 0.994. The molecule has 0 heterocycles. The first-order valence-electron chi connectivity index (χ1n) is 3.52. The molecular weight excluding hydrogens is 154 g/mol. The Morgan fingerprint density at radius 2 is 2.08 bits per heavy atom. The minimum absolute atomic E-state index is 0.116. The zero-order valence-electron chi connectivity index (χ0n) is 6.78. The van der Waals surface area contributed by atoms with Gasteiger partial charge in [-0.25, -0.2) is 0 Å². The minimum Gasteiger partial charge on any atom is -0.258 e. The van der Waals surface area contributed by atoms with Crippen molar-refractivity contribution in [1.82, 2.24) is 0 Å². The van der Waals surface area contributed by atoms with Crippen molar-refractivity contribution in [1.29, 1.82) is 0 Å². The third kappa shape index (κ3) is 1.50. The molecule has 0 aliphatic heterocycles. The summed E-state index contributed by atoms with van der Waals surface area (Å²) in [5, 5.41) is 10.5. The molecule has 0 unspecified atom stereocenters. The molecule has 0 aliphatic carbocycles.